The van der Waals surface area contributed by atoms with E-state index in [1.165, 1.54) is 30.6 Å². The summed E-state index contributed by atoms with van der Waals surface area (Å²) < 4.78 is 0. The summed E-state index contributed by atoms with van der Waals surface area (Å²) in [5.41, 5.74) is 8.89. The van der Waals surface area contributed by atoms with Crippen molar-refractivity contribution in [2.45, 2.75) is 39.3 Å². The monoisotopic (exact) mass is 275 g/mol. The van der Waals surface area contributed by atoms with Crippen LogP contribution < -0.4 is 5.73 Å². The molecule has 20 heavy (non-hydrogen) atoms. The van der Waals surface area contributed by atoms with E-state index in [1.54, 1.807) is 0 Å². The third kappa shape index (κ3) is 4.05. The molecule has 3 nitrogen and oxygen atoms in total. The molecule has 0 bridgehead atoms. The standard InChI is InChI=1S/C17H29N3/c1-4-15(3)20-11-9-19(10-12-20)13-17(18)16-7-5-14(2)6-8-16/h5-8,15,17H,4,9-13,18H2,1-3H3. The molecule has 0 aliphatic carbocycles. The van der Waals surface area contributed by atoms with Crippen molar-refractivity contribution >= 4 is 0 Å². The molecule has 0 saturated carbocycles. The largest absolute Gasteiger partial charge is 0.323 e. The molecule has 1 saturated heterocycles. The van der Waals surface area contributed by atoms with Crippen LogP contribution in [-0.2, 0) is 0 Å². The van der Waals surface area contributed by atoms with E-state index in [9.17, 15) is 0 Å². The molecule has 1 aromatic carbocycles. The van der Waals surface area contributed by atoms with Gasteiger partial charge < -0.3 is 5.73 Å². The first-order valence-electron chi connectivity index (χ1n) is 7.88. The number of piperazine rings is 1. The second-order valence-electron chi connectivity index (χ2n) is 6.11. The molecule has 2 N–H and O–H groups in total. The Labute approximate surface area is 123 Å². The van der Waals surface area contributed by atoms with Crippen LogP contribution >= 0.6 is 0 Å². The summed E-state index contributed by atoms with van der Waals surface area (Å²) in [5.74, 6) is 0. The van der Waals surface area contributed by atoms with Gasteiger partial charge in [-0.25, -0.2) is 0 Å². The fourth-order valence-electron chi connectivity index (χ4n) is 2.84. The van der Waals surface area contributed by atoms with E-state index in [2.05, 4.69) is 54.8 Å². The minimum Gasteiger partial charge on any atom is -0.323 e. The molecular formula is C17H29N3. The van der Waals surface area contributed by atoms with Crippen LogP contribution in [0.2, 0.25) is 0 Å². The van der Waals surface area contributed by atoms with Gasteiger partial charge in [0.1, 0.15) is 0 Å². The second-order valence-corrected chi connectivity index (χ2v) is 6.11. The maximum Gasteiger partial charge on any atom is 0.0424 e. The van der Waals surface area contributed by atoms with Crippen molar-refractivity contribution in [1.82, 2.24) is 9.80 Å². The summed E-state index contributed by atoms with van der Waals surface area (Å²) in [7, 11) is 0. The predicted molar refractivity (Wildman–Crippen MR) is 85.9 cm³/mol. The topological polar surface area (TPSA) is 32.5 Å². The number of aryl methyl sites for hydroxylation is 1. The summed E-state index contributed by atoms with van der Waals surface area (Å²) in [6, 6.07) is 9.46. The average molecular weight is 275 g/mol. The summed E-state index contributed by atoms with van der Waals surface area (Å²) >= 11 is 0. The van der Waals surface area contributed by atoms with Crippen LogP contribution in [0.1, 0.15) is 37.4 Å². The Morgan fingerprint density at radius 3 is 2.25 bits per heavy atom. The highest BCUT2D eigenvalue weighted by molar-refractivity contribution is 5.24. The lowest BCUT2D eigenvalue weighted by atomic mass is 10.0. The van der Waals surface area contributed by atoms with Gasteiger partial charge in [0, 0.05) is 44.8 Å². The molecule has 1 aromatic rings. The molecule has 1 aliphatic heterocycles. The summed E-state index contributed by atoms with van der Waals surface area (Å²) in [6.07, 6.45) is 1.24. The Balaban J connectivity index is 1.81. The summed E-state index contributed by atoms with van der Waals surface area (Å²) in [5, 5.41) is 0. The van der Waals surface area contributed by atoms with Crippen molar-refractivity contribution in [3.63, 3.8) is 0 Å². The normalized spacial score (nSPS) is 20.8. The third-order valence-corrected chi connectivity index (χ3v) is 4.58. The Morgan fingerprint density at radius 1 is 1.10 bits per heavy atom. The molecule has 1 aliphatic rings. The van der Waals surface area contributed by atoms with Crippen molar-refractivity contribution in [2.24, 2.45) is 5.73 Å². The minimum atomic E-state index is 0.130. The van der Waals surface area contributed by atoms with Crippen molar-refractivity contribution in [3.05, 3.63) is 35.4 Å². The molecule has 0 amide bonds. The van der Waals surface area contributed by atoms with Crippen LogP contribution in [0.3, 0.4) is 0 Å². The number of nitrogens with zero attached hydrogens (tertiary/aromatic N) is 2. The Hall–Kier alpha value is -0.900. The number of hydrogen-bond acceptors (Lipinski definition) is 3. The van der Waals surface area contributed by atoms with Crippen LogP contribution in [0, 0.1) is 6.92 Å². The van der Waals surface area contributed by atoms with Crippen molar-refractivity contribution < 1.29 is 0 Å². The van der Waals surface area contributed by atoms with Crippen molar-refractivity contribution in [2.75, 3.05) is 32.7 Å². The predicted octanol–water partition coefficient (Wildman–Crippen LogP) is 2.41. The van der Waals surface area contributed by atoms with E-state index in [0.29, 0.717) is 6.04 Å². The van der Waals surface area contributed by atoms with Gasteiger partial charge in [-0.3, -0.25) is 9.80 Å². The Kier molecular flexibility index (Phi) is 5.58. The summed E-state index contributed by atoms with van der Waals surface area (Å²) in [6.45, 7) is 12.3. The lowest BCUT2D eigenvalue weighted by Crippen LogP contribution is -2.50. The number of benzene rings is 1. The van der Waals surface area contributed by atoms with Gasteiger partial charge in [0.25, 0.3) is 0 Å². The van der Waals surface area contributed by atoms with Gasteiger partial charge >= 0.3 is 0 Å². The quantitative estimate of drug-likeness (QED) is 0.895. The zero-order chi connectivity index (χ0) is 14.5. The number of hydrogen-bond donors (Lipinski definition) is 1. The highest BCUT2D eigenvalue weighted by Crippen LogP contribution is 2.15. The van der Waals surface area contributed by atoms with E-state index in [4.69, 9.17) is 5.73 Å². The summed E-state index contributed by atoms with van der Waals surface area (Å²) in [4.78, 5) is 5.09. The SMILES string of the molecule is CCC(C)N1CCN(CC(N)c2ccc(C)cc2)CC1. The van der Waals surface area contributed by atoms with E-state index in [0.717, 1.165) is 19.6 Å². The fourth-order valence-corrected chi connectivity index (χ4v) is 2.84. The van der Waals surface area contributed by atoms with Crippen molar-refractivity contribution in [1.29, 1.82) is 0 Å². The van der Waals surface area contributed by atoms with Gasteiger partial charge in [0.15, 0.2) is 0 Å². The van der Waals surface area contributed by atoms with Crippen LogP contribution in [0.4, 0.5) is 0 Å². The van der Waals surface area contributed by atoms with Gasteiger partial charge in [-0.05, 0) is 25.8 Å². The Morgan fingerprint density at radius 2 is 1.70 bits per heavy atom. The van der Waals surface area contributed by atoms with Crippen LogP contribution in [-0.4, -0.2) is 48.6 Å². The maximum atomic E-state index is 6.34. The fraction of sp³-hybridized carbons (Fsp3) is 0.647. The van der Waals surface area contributed by atoms with Crippen LogP contribution in [0.5, 0.6) is 0 Å². The zero-order valence-electron chi connectivity index (χ0n) is 13.2. The van der Waals surface area contributed by atoms with E-state index in [1.807, 2.05) is 0 Å². The first kappa shape index (κ1) is 15.5. The number of nitrogens with two attached hydrogens (primary N) is 1. The van der Waals surface area contributed by atoms with Crippen LogP contribution in [0.25, 0.3) is 0 Å². The van der Waals surface area contributed by atoms with E-state index >= 15 is 0 Å². The maximum absolute atomic E-state index is 6.34. The lowest BCUT2D eigenvalue weighted by Gasteiger charge is -2.38. The smallest absolute Gasteiger partial charge is 0.0424 e. The molecule has 2 atom stereocenters. The molecule has 0 radical (unpaired) electrons. The molecule has 3 heteroatoms. The van der Waals surface area contributed by atoms with Crippen molar-refractivity contribution in [3.8, 4) is 0 Å². The zero-order valence-corrected chi connectivity index (χ0v) is 13.2. The van der Waals surface area contributed by atoms with Crippen LogP contribution in [0.15, 0.2) is 24.3 Å². The van der Waals surface area contributed by atoms with Gasteiger partial charge in [0.2, 0.25) is 0 Å². The second kappa shape index (κ2) is 7.21. The Bertz CT molecular complexity index is 393. The van der Waals surface area contributed by atoms with Gasteiger partial charge in [-0.1, -0.05) is 36.8 Å². The van der Waals surface area contributed by atoms with Gasteiger partial charge in [0.05, 0.1) is 0 Å². The molecule has 1 fully saturated rings. The van der Waals surface area contributed by atoms with Gasteiger partial charge in [-0.15, -0.1) is 0 Å². The number of rotatable bonds is 5. The molecular weight excluding hydrogens is 246 g/mol. The first-order chi connectivity index (χ1) is 9.60. The molecule has 2 unspecified atom stereocenters. The first-order valence-corrected chi connectivity index (χ1v) is 7.88. The lowest BCUT2D eigenvalue weighted by molar-refractivity contribution is 0.0968. The highest BCUT2D eigenvalue weighted by Gasteiger charge is 2.21. The van der Waals surface area contributed by atoms with E-state index in [-0.39, 0.29) is 6.04 Å². The molecule has 112 valence electrons. The highest BCUT2D eigenvalue weighted by atomic mass is 15.3. The minimum absolute atomic E-state index is 0.130. The molecule has 1 heterocycles. The van der Waals surface area contributed by atoms with E-state index < -0.39 is 0 Å². The molecule has 2 rings (SSSR count). The molecule has 0 spiro atoms. The molecule has 0 aromatic heterocycles. The third-order valence-electron chi connectivity index (χ3n) is 4.58. The average Bonchev–Trinajstić information content (AvgIpc) is 2.48. The van der Waals surface area contributed by atoms with Gasteiger partial charge in [-0.2, -0.15) is 0 Å².